The largest absolute Gasteiger partial charge is 0.462 e. The van der Waals surface area contributed by atoms with Crippen LogP contribution in [0.3, 0.4) is 0 Å². The summed E-state index contributed by atoms with van der Waals surface area (Å²) in [7, 11) is -1.06. The molecule has 0 atom stereocenters. The maximum absolute atomic E-state index is 11.3. The van der Waals surface area contributed by atoms with Gasteiger partial charge in [0.25, 0.3) is 0 Å². The first-order valence-corrected chi connectivity index (χ1v) is 9.78. The van der Waals surface area contributed by atoms with E-state index in [0.29, 0.717) is 13.2 Å². The van der Waals surface area contributed by atoms with Gasteiger partial charge < -0.3 is 15.2 Å². The molecule has 0 spiro atoms. The molecule has 0 rings (SSSR count). The minimum absolute atomic E-state index is 0.237. The molecule has 0 saturated carbocycles. The molecule has 0 aliphatic rings. The van der Waals surface area contributed by atoms with Crippen molar-refractivity contribution in [3.63, 3.8) is 0 Å². The van der Waals surface area contributed by atoms with Gasteiger partial charge in [-0.15, -0.1) is 0 Å². The van der Waals surface area contributed by atoms with Crippen LogP contribution in [-0.2, 0) is 14.3 Å². The molecule has 0 unspecified atom stereocenters. The van der Waals surface area contributed by atoms with Crippen LogP contribution < -0.4 is 5.73 Å². The van der Waals surface area contributed by atoms with Crippen molar-refractivity contribution in [1.29, 1.82) is 0 Å². The quantitative estimate of drug-likeness (QED) is 0.240. The molecule has 0 aromatic heterocycles. The van der Waals surface area contributed by atoms with Gasteiger partial charge in [-0.2, -0.15) is 0 Å². The first-order valence-electron chi connectivity index (χ1n) is 6.07. The van der Waals surface area contributed by atoms with Crippen LogP contribution in [0.25, 0.3) is 0 Å². The Kier molecular flexibility index (Phi) is 8.31. The van der Waals surface area contributed by atoms with E-state index >= 15 is 0 Å². The van der Waals surface area contributed by atoms with E-state index in [4.69, 9.17) is 15.2 Å². The summed E-state index contributed by atoms with van der Waals surface area (Å²) in [6.07, 6.45) is 2.57. The Labute approximate surface area is 110 Å². The number of ether oxygens (including phenoxy) is 2. The van der Waals surface area contributed by atoms with Gasteiger partial charge in [-0.1, -0.05) is 19.6 Å². The molecule has 5 nitrogen and oxygen atoms in total. The number of nitrogens with zero attached hydrogens (tertiary/aromatic N) is 1. The standard InChI is InChI=1S/C12H24N2O3Si/c1-5-17-12(15)11(8-13)9-14-10-16-6-7-18(2,3)4/h8-9H,5-7,10,13H2,1-4H3/b11-8+,14-9+. The fraction of sp³-hybridized carbons (Fsp3) is 0.667. The maximum atomic E-state index is 11.3. The van der Waals surface area contributed by atoms with Crippen molar-refractivity contribution in [2.75, 3.05) is 19.9 Å². The van der Waals surface area contributed by atoms with Crippen LogP contribution in [0.15, 0.2) is 16.8 Å². The third-order valence-corrected chi connectivity index (χ3v) is 3.79. The molecule has 0 aromatic rings. The molecule has 0 heterocycles. The van der Waals surface area contributed by atoms with Crippen molar-refractivity contribution in [1.82, 2.24) is 0 Å². The Morgan fingerprint density at radius 3 is 2.56 bits per heavy atom. The van der Waals surface area contributed by atoms with Crippen LogP contribution >= 0.6 is 0 Å². The van der Waals surface area contributed by atoms with Gasteiger partial charge in [-0.25, -0.2) is 4.79 Å². The molecule has 0 amide bonds. The fourth-order valence-electron chi connectivity index (χ4n) is 1.01. The molecular formula is C12H24N2O3Si. The Morgan fingerprint density at radius 2 is 2.06 bits per heavy atom. The summed E-state index contributed by atoms with van der Waals surface area (Å²) in [6, 6.07) is 1.10. The molecule has 104 valence electrons. The predicted octanol–water partition coefficient (Wildman–Crippen LogP) is 1.78. The first kappa shape index (κ1) is 16.9. The third-order valence-electron chi connectivity index (χ3n) is 2.08. The summed E-state index contributed by atoms with van der Waals surface area (Å²) < 4.78 is 10.2. The van der Waals surface area contributed by atoms with Crippen molar-refractivity contribution < 1.29 is 14.3 Å². The van der Waals surface area contributed by atoms with Crippen molar-refractivity contribution in [2.45, 2.75) is 32.6 Å². The first-order chi connectivity index (χ1) is 8.40. The summed E-state index contributed by atoms with van der Waals surface area (Å²) in [5.74, 6) is -0.467. The van der Waals surface area contributed by atoms with Crippen molar-refractivity contribution >= 4 is 20.3 Å². The van der Waals surface area contributed by atoms with Gasteiger partial charge in [0.2, 0.25) is 0 Å². The second-order valence-electron chi connectivity index (χ2n) is 5.00. The Hall–Kier alpha value is -1.14. The molecule has 0 aliphatic carbocycles. The van der Waals surface area contributed by atoms with E-state index in [2.05, 4.69) is 24.6 Å². The zero-order chi connectivity index (χ0) is 14.0. The lowest BCUT2D eigenvalue weighted by Crippen LogP contribution is -2.21. The lowest BCUT2D eigenvalue weighted by Gasteiger charge is -2.14. The average molecular weight is 272 g/mol. The van der Waals surface area contributed by atoms with Gasteiger partial charge in [0, 0.05) is 27.1 Å². The van der Waals surface area contributed by atoms with Gasteiger partial charge >= 0.3 is 5.97 Å². The number of esters is 1. The third kappa shape index (κ3) is 8.95. The Bertz CT molecular complexity index is 309. The van der Waals surface area contributed by atoms with Gasteiger partial charge in [0.1, 0.15) is 6.73 Å². The number of aliphatic imine (C=N–C) groups is 1. The van der Waals surface area contributed by atoms with Crippen molar-refractivity contribution in [3.05, 3.63) is 11.8 Å². The average Bonchev–Trinajstić information content (AvgIpc) is 2.27. The van der Waals surface area contributed by atoms with Crippen LogP contribution in [0.1, 0.15) is 6.92 Å². The highest BCUT2D eigenvalue weighted by atomic mass is 28.3. The van der Waals surface area contributed by atoms with E-state index in [-0.39, 0.29) is 12.3 Å². The molecule has 0 aromatic carbocycles. The molecule has 0 bridgehead atoms. The SMILES string of the molecule is CCOC(=O)C(/C=N/COCC[Si](C)(C)C)=C/N. The van der Waals surface area contributed by atoms with Crippen LogP contribution in [0.4, 0.5) is 0 Å². The molecule has 18 heavy (non-hydrogen) atoms. The molecular weight excluding hydrogens is 248 g/mol. The number of carbonyl (C=O) groups is 1. The summed E-state index contributed by atoms with van der Waals surface area (Å²) >= 11 is 0. The molecule has 2 N–H and O–H groups in total. The summed E-state index contributed by atoms with van der Waals surface area (Å²) in [6.45, 7) is 9.86. The van der Waals surface area contributed by atoms with Crippen molar-refractivity contribution in [3.8, 4) is 0 Å². The summed E-state index contributed by atoms with van der Waals surface area (Å²) in [5.41, 5.74) is 5.55. The van der Waals surface area contributed by atoms with Gasteiger partial charge in [-0.05, 0) is 13.0 Å². The minimum Gasteiger partial charge on any atom is -0.462 e. The van der Waals surface area contributed by atoms with E-state index in [1.165, 1.54) is 12.4 Å². The highest BCUT2D eigenvalue weighted by Crippen LogP contribution is 2.07. The highest BCUT2D eigenvalue weighted by Gasteiger charge is 2.11. The smallest absolute Gasteiger partial charge is 0.341 e. The van der Waals surface area contributed by atoms with E-state index in [1.54, 1.807) is 6.92 Å². The van der Waals surface area contributed by atoms with Crippen LogP contribution in [0.2, 0.25) is 25.7 Å². The monoisotopic (exact) mass is 272 g/mol. The number of hydrogen-bond donors (Lipinski definition) is 1. The lowest BCUT2D eigenvalue weighted by molar-refractivity contribution is -0.137. The van der Waals surface area contributed by atoms with Gasteiger partial charge in [0.05, 0.1) is 12.2 Å². The van der Waals surface area contributed by atoms with Crippen LogP contribution in [-0.4, -0.2) is 40.2 Å². The molecule has 0 radical (unpaired) electrons. The normalized spacial score (nSPS) is 13.0. The Morgan fingerprint density at radius 1 is 1.39 bits per heavy atom. The zero-order valence-corrected chi connectivity index (χ0v) is 12.7. The summed E-state index contributed by atoms with van der Waals surface area (Å²) in [4.78, 5) is 15.3. The number of rotatable bonds is 8. The van der Waals surface area contributed by atoms with Crippen LogP contribution in [0.5, 0.6) is 0 Å². The topological polar surface area (TPSA) is 73.9 Å². The minimum atomic E-state index is -1.06. The maximum Gasteiger partial charge on any atom is 0.341 e. The molecule has 0 fully saturated rings. The highest BCUT2D eigenvalue weighted by molar-refractivity contribution is 6.76. The van der Waals surface area contributed by atoms with E-state index in [9.17, 15) is 4.79 Å². The van der Waals surface area contributed by atoms with Gasteiger partial charge in [0.15, 0.2) is 0 Å². The second-order valence-corrected chi connectivity index (χ2v) is 10.6. The number of nitrogens with two attached hydrogens (primary N) is 1. The van der Waals surface area contributed by atoms with E-state index < -0.39 is 14.0 Å². The van der Waals surface area contributed by atoms with Gasteiger partial charge in [-0.3, -0.25) is 4.99 Å². The van der Waals surface area contributed by atoms with E-state index in [0.717, 1.165) is 6.04 Å². The van der Waals surface area contributed by atoms with E-state index in [1.807, 2.05) is 0 Å². The number of carbonyl (C=O) groups excluding carboxylic acids is 1. The van der Waals surface area contributed by atoms with Crippen molar-refractivity contribution in [2.24, 2.45) is 10.7 Å². The summed E-state index contributed by atoms with van der Waals surface area (Å²) in [5, 5.41) is 0. The molecule has 6 heteroatoms. The predicted molar refractivity (Wildman–Crippen MR) is 76.4 cm³/mol. The second kappa shape index (κ2) is 8.88. The van der Waals surface area contributed by atoms with Crippen LogP contribution in [0, 0.1) is 0 Å². The lowest BCUT2D eigenvalue weighted by atomic mass is 10.3. The molecule has 0 saturated heterocycles. The molecule has 0 aliphatic heterocycles. The number of hydrogen-bond acceptors (Lipinski definition) is 5. The fourth-order valence-corrected chi connectivity index (χ4v) is 1.77. The Balaban J connectivity index is 3.90. The zero-order valence-electron chi connectivity index (χ0n) is 11.7.